The first-order valence-electron chi connectivity index (χ1n) is 5.02. The lowest BCUT2D eigenvalue weighted by Crippen LogP contribution is -1.91. The summed E-state index contributed by atoms with van der Waals surface area (Å²) in [6.07, 6.45) is 5.25. The number of pyridine rings is 2. The highest BCUT2D eigenvalue weighted by Crippen LogP contribution is 2.18. The van der Waals surface area contributed by atoms with Crippen LogP contribution in [0.2, 0.25) is 0 Å². The molecule has 0 aliphatic rings. The summed E-state index contributed by atoms with van der Waals surface area (Å²) < 4.78 is 0. The van der Waals surface area contributed by atoms with Crippen LogP contribution in [0.15, 0.2) is 49.7 Å². The summed E-state index contributed by atoms with van der Waals surface area (Å²) >= 11 is 0. The van der Waals surface area contributed by atoms with Crippen molar-refractivity contribution in [3.8, 4) is 11.4 Å². The van der Waals surface area contributed by atoms with Gasteiger partial charge in [-0.15, -0.1) is 0 Å². The molecule has 0 unspecified atom stereocenters. The first-order valence-corrected chi connectivity index (χ1v) is 5.02. The van der Waals surface area contributed by atoms with Crippen LogP contribution in [-0.4, -0.2) is 9.97 Å². The Balaban J connectivity index is 2.52. The molecule has 78 valence electrons. The monoisotopic (exact) mass is 208 g/mol. The van der Waals surface area contributed by atoms with E-state index in [1.807, 2.05) is 30.3 Å². The Morgan fingerprint density at radius 1 is 0.938 bits per heavy atom. The van der Waals surface area contributed by atoms with Crippen molar-refractivity contribution in [3.05, 3.63) is 60.9 Å². The van der Waals surface area contributed by atoms with E-state index in [1.54, 1.807) is 18.3 Å². The molecule has 2 rings (SSSR count). The second-order valence-electron chi connectivity index (χ2n) is 3.29. The Bertz CT molecular complexity index is 516. The summed E-state index contributed by atoms with van der Waals surface area (Å²) in [5.74, 6) is 0. The van der Waals surface area contributed by atoms with Gasteiger partial charge in [-0.2, -0.15) is 0 Å². The molecule has 0 aromatic carbocycles. The van der Waals surface area contributed by atoms with E-state index in [-0.39, 0.29) is 0 Å². The third-order valence-electron chi connectivity index (χ3n) is 2.30. The molecule has 0 atom stereocenters. The van der Waals surface area contributed by atoms with Crippen molar-refractivity contribution in [2.24, 2.45) is 0 Å². The topological polar surface area (TPSA) is 25.8 Å². The zero-order valence-electron chi connectivity index (χ0n) is 8.93. The van der Waals surface area contributed by atoms with Crippen molar-refractivity contribution < 1.29 is 0 Å². The quantitative estimate of drug-likeness (QED) is 0.772. The Kier molecular flexibility index (Phi) is 2.92. The molecule has 0 fully saturated rings. The summed E-state index contributed by atoms with van der Waals surface area (Å²) in [5.41, 5.74) is 3.52. The molecule has 0 radical (unpaired) electrons. The van der Waals surface area contributed by atoms with Crippen LogP contribution in [0.4, 0.5) is 0 Å². The summed E-state index contributed by atoms with van der Waals surface area (Å²) in [6.45, 7) is 7.48. The van der Waals surface area contributed by atoms with E-state index in [4.69, 9.17) is 0 Å². The Hall–Kier alpha value is -2.22. The van der Waals surface area contributed by atoms with Gasteiger partial charge >= 0.3 is 0 Å². The van der Waals surface area contributed by atoms with Gasteiger partial charge in [-0.05, 0) is 29.8 Å². The van der Waals surface area contributed by atoms with Gasteiger partial charge in [-0.3, -0.25) is 4.98 Å². The molecule has 2 heterocycles. The van der Waals surface area contributed by atoms with E-state index in [1.165, 1.54) is 0 Å². The van der Waals surface area contributed by atoms with Gasteiger partial charge in [0.1, 0.15) is 0 Å². The first kappa shape index (κ1) is 10.3. The predicted octanol–water partition coefficient (Wildman–Crippen LogP) is 3.43. The van der Waals surface area contributed by atoms with Crippen LogP contribution in [0.5, 0.6) is 0 Å². The minimum absolute atomic E-state index is 0.832. The van der Waals surface area contributed by atoms with Crippen molar-refractivity contribution >= 4 is 12.2 Å². The van der Waals surface area contributed by atoms with Crippen molar-refractivity contribution in [1.29, 1.82) is 0 Å². The summed E-state index contributed by atoms with van der Waals surface area (Å²) in [4.78, 5) is 8.74. The van der Waals surface area contributed by atoms with Gasteiger partial charge in [0.2, 0.25) is 0 Å². The van der Waals surface area contributed by atoms with Gasteiger partial charge in [0, 0.05) is 6.20 Å². The predicted molar refractivity (Wildman–Crippen MR) is 67.7 cm³/mol. The maximum Gasteiger partial charge on any atom is 0.0893 e. The van der Waals surface area contributed by atoms with Crippen LogP contribution < -0.4 is 0 Å². The van der Waals surface area contributed by atoms with Gasteiger partial charge in [-0.1, -0.05) is 31.4 Å². The fourth-order valence-electron chi connectivity index (χ4n) is 1.48. The molecule has 2 heteroatoms. The summed E-state index contributed by atoms with van der Waals surface area (Å²) in [7, 11) is 0. The molecule has 2 aromatic heterocycles. The molecule has 0 aliphatic heterocycles. The number of hydrogen-bond acceptors (Lipinski definition) is 2. The molecule has 0 spiro atoms. The van der Waals surface area contributed by atoms with Crippen molar-refractivity contribution in [1.82, 2.24) is 9.97 Å². The molecule has 0 bridgehead atoms. The van der Waals surface area contributed by atoms with Crippen molar-refractivity contribution in [2.45, 2.75) is 0 Å². The lowest BCUT2D eigenvalue weighted by molar-refractivity contribution is 1.23. The van der Waals surface area contributed by atoms with Crippen LogP contribution in [-0.2, 0) is 0 Å². The normalized spacial score (nSPS) is 9.75. The molecule has 2 nitrogen and oxygen atoms in total. The molecular formula is C14H12N2. The smallest absolute Gasteiger partial charge is 0.0893 e. The Morgan fingerprint density at radius 2 is 1.81 bits per heavy atom. The molecule has 0 amide bonds. The van der Waals surface area contributed by atoms with Gasteiger partial charge in [0.05, 0.1) is 17.1 Å². The van der Waals surface area contributed by atoms with Crippen LogP contribution in [0.1, 0.15) is 11.3 Å². The zero-order chi connectivity index (χ0) is 11.4. The van der Waals surface area contributed by atoms with Crippen LogP contribution in [0, 0.1) is 0 Å². The molecule has 2 aromatic rings. The van der Waals surface area contributed by atoms with Crippen LogP contribution in [0.25, 0.3) is 23.5 Å². The maximum absolute atomic E-state index is 4.48. The Morgan fingerprint density at radius 3 is 2.44 bits per heavy atom. The number of rotatable bonds is 3. The van der Waals surface area contributed by atoms with Crippen LogP contribution >= 0.6 is 0 Å². The molecule has 0 aliphatic carbocycles. The zero-order valence-corrected chi connectivity index (χ0v) is 8.93. The molecule has 16 heavy (non-hydrogen) atoms. The summed E-state index contributed by atoms with van der Waals surface area (Å²) in [5, 5.41) is 0. The van der Waals surface area contributed by atoms with Crippen LogP contribution in [0.3, 0.4) is 0 Å². The van der Waals surface area contributed by atoms with E-state index < -0.39 is 0 Å². The highest BCUT2D eigenvalue weighted by Gasteiger charge is 2.03. The highest BCUT2D eigenvalue weighted by atomic mass is 14.8. The van der Waals surface area contributed by atoms with Gasteiger partial charge in [-0.25, -0.2) is 4.98 Å². The standard InChI is InChI=1S/C14H12N2/c1-3-11-8-9-14(16-12(11)4-2)13-7-5-6-10-15-13/h3-10H,1-2H2. The average molecular weight is 208 g/mol. The minimum atomic E-state index is 0.832. The molecule has 0 N–H and O–H groups in total. The average Bonchev–Trinajstić information content (AvgIpc) is 2.39. The van der Waals surface area contributed by atoms with E-state index in [0.717, 1.165) is 22.6 Å². The van der Waals surface area contributed by atoms with E-state index in [2.05, 4.69) is 23.1 Å². The number of aromatic nitrogens is 2. The van der Waals surface area contributed by atoms with E-state index >= 15 is 0 Å². The fourth-order valence-corrected chi connectivity index (χ4v) is 1.48. The van der Waals surface area contributed by atoms with Crippen molar-refractivity contribution in [2.75, 3.05) is 0 Å². The summed E-state index contributed by atoms with van der Waals surface area (Å²) in [6, 6.07) is 9.67. The maximum atomic E-state index is 4.48. The fraction of sp³-hybridized carbons (Fsp3) is 0. The lowest BCUT2D eigenvalue weighted by Gasteiger charge is -2.04. The molecule has 0 saturated carbocycles. The second-order valence-corrected chi connectivity index (χ2v) is 3.29. The highest BCUT2D eigenvalue weighted by molar-refractivity contribution is 5.65. The third kappa shape index (κ3) is 1.91. The van der Waals surface area contributed by atoms with E-state index in [0.29, 0.717) is 0 Å². The minimum Gasteiger partial charge on any atom is -0.255 e. The number of nitrogens with zero attached hydrogens (tertiary/aromatic N) is 2. The number of hydrogen-bond donors (Lipinski definition) is 0. The van der Waals surface area contributed by atoms with Gasteiger partial charge in [0.25, 0.3) is 0 Å². The second kappa shape index (κ2) is 4.53. The Labute approximate surface area is 95.0 Å². The van der Waals surface area contributed by atoms with Crippen molar-refractivity contribution in [3.63, 3.8) is 0 Å². The molecule has 0 saturated heterocycles. The lowest BCUT2D eigenvalue weighted by atomic mass is 10.1. The molecular weight excluding hydrogens is 196 g/mol. The van der Waals surface area contributed by atoms with Gasteiger partial charge < -0.3 is 0 Å². The largest absolute Gasteiger partial charge is 0.255 e. The third-order valence-corrected chi connectivity index (χ3v) is 2.30. The van der Waals surface area contributed by atoms with Gasteiger partial charge in [0.15, 0.2) is 0 Å². The SMILES string of the molecule is C=Cc1ccc(-c2ccccn2)nc1C=C. The van der Waals surface area contributed by atoms with E-state index in [9.17, 15) is 0 Å². The first-order chi connectivity index (χ1) is 7.85.